The second-order valence-corrected chi connectivity index (χ2v) is 5.54. The first-order valence-electron chi connectivity index (χ1n) is 6.22. The molecule has 0 fully saturated rings. The summed E-state index contributed by atoms with van der Waals surface area (Å²) in [7, 11) is 1.80. The summed E-state index contributed by atoms with van der Waals surface area (Å²) in [6.07, 6.45) is 0.371. The topological polar surface area (TPSA) is 74.8 Å². The molecule has 4 N–H and O–H groups in total. The van der Waals surface area contributed by atoms with Crippen LogP contribution in [0.4, 0.5) is 13.2 Å². The molecule has 0 unspecified atom stereocenters. The Morgan fingerprint density at radius 3 is 2.73 bits per heavy atom. The lowest BCUT2D eigenvalue weighted by molar-refractivity contribution is -0.672. The number of carbonyl (C=O) groups is 1. The summed E-state index contributed by atoms with van der Waals surface area (Å²) in [5.74, 6) is 0.124. The summed E-state index contributed by atoms with van der Waals surface area (Å²) in [5.41, 5.74) is 6.15. The van der Waals surface area contributed by atoms with Crippen molar-refractivity contribution in [3.63, 3.8) is 0 Å². The van der Waals surface area contributed by atoms with Gasteiger partial charge in [0.25, 0.3) is 11.7 Å². The Morgan fingerprint density at radius 2 is 2.23 bits per heavy atom. The molecular weight excluding hydrogens is 317 g/mol. The van der Waals surface area contributed by atoms with E-state index in [1.807, 2.05) is 0 Å². The van der Waals surface area contributed by atoms with Gasteiger partial charge in [0.2, 0.25) is 0 Å². The van der Waals surface area contributed by atoms with Crippen molar-refractivity contribution in [3.05, 3.63) is 46.3 Å². The first-order chi connectivity index (χ1) is 10.3. The molecule has 2 heterocycles. The van der Waals surface area contributed by atoms with Crippen LogP contribution in [0.1, 0.15) is 20.4 Å². The number of aryl methyl sites for hydroxylation is 1. The quantitative estimate of drug-likeness (QED) is 0.745. The van der Waals surface area contributed by atoms with Gasteiger partial charge in [-0.25, -0.2) is 9.55 Å². The Hall–Kier alpha value is -2.29. The summed E-state index contributed by atoms with van der Waals surface area (Å²) < 4.78 is 39.3. The van der Waals surface area contributed by atoms with Crippen molar-refractivity contribution >= 4 is 22.8 Å². The third kappa shape index (κ3) is 3.48. The molecule has 0 aromatic carbocycles. The molecule has 2 aromatic heterocycles. The van der Waals surface area contributed by atoms with Crippen LogP contribution in [0.3, 0.4) is 0 Å². The number of nitrogens with one attached hydrogen (secondary N) is 2. The Bertz CT molecular complexity index is 702. The van der Waals surface area contributed by atoms with Crippen LogP contribution in [0.15, 0.2) is 30.7 Å². The fourth-order valence-electron chi connectivity index (χ4n) is 1.82. The van der Waals surface area contributed by atoms with E-state index in [9.17, 15) is 18.0 Å². The predicted molar refractivity (Wildman–Crippen MR) is 75.8 cm³/mol. The monoisotopic (exact) mass is 331 g/mol. The number of amides is 1. The lowest BCUT2D eigenvalue weighted by Crippen LogP contribution is -2.33. The van der Waals surface area contributed by atoms with Crippen LogP contribution >= 0.6 is 11.3 Å². The Labute approximate surface area is 128 Å². The van der Waals surface area contributed by atoms with Gasteiger partial charge in [0.05, 0.1) is 24.0 Å². The van der Waals surface area contributed by atoms with Gasteiger partial charge in [-0.2, -0.15) is 13.2 Å². The number of imidazole rings is 1. The Morgan fingerprint density at radius 1 is 1.50 bits per heavy atom. The Balaban J connectivity index is 2.04. The molecule has 2 aromatic rings. The minimum atomic E-state index is -4.44. The van der Waals surface area contributed by atoms with E-state index in [-0.39, 0.29) is 11.4 Å². The van der Waals surface area contributed by atoms with Gasteiger partial charge in [-0.1, -0.05) is 0 Å². The number of alkyl halides is 3. The van der Waals surface area contributed by atoms with Gasteiger partial charge in [-0.15, -0.1) is 11.3 Å². The van der Waals surface area contributed by atoms with Crippen LogP contribution in [0.2, 0.25) is 0 Å². The maximum absolute atomic E-state index is 12.5. The molecule has 5 nitrogen and oxygen atoms in total. The molecule has 0 aliphatic rings. The molecular formula is C13H14F3N4OS+. The number of thiophene rings is 1. The highest BCUT2D eigenvalue weighted by Gasteiger charge is 2.33. The molecule has 0 aliphatic carbocycles. The van der Waals surface area contributed by atoms with Gasteiger partial charge in [0.1, 0.15) is 17.3 Å². The van der Waals surface area contributed by atoms with Crippen molar-refractivity contribution in [2.45, 2.75) is 6.18 Å². The first kappa shape index (κ1) is 16.1. The maximum Gasteiger partial charge on any atom is 0.425 e. The average molecular weight is 331 g/mol. The second kappa shape index (κ2) is 6.22. The van der Waals surface area contributed by atoms with Crippen molar-refractivity contribution in [1.29, 1.82) is 0 Å². The summed E-state index contributed by atoms with van der Waals surface area (Å²) >= 11 is 0.407. The number of halogens is 3. The van der Waals surface area contributed by atoms with Crippen molar-refractivity contribution in [3.8, 4) is 0 Å². The highest BCUT2D eigenvalue weighted by molar-refractivity contribution is 7.14. The number of hydrogen-bond donors (Lipinski definition) is 3. The second-order valence-electron chi connectivity index (χ2n) is 4.46. The number of nitrogens with zero attached hydrogens (tertiary/aromatic N) is 1. The van der Waals surface area contributed by atoms with Crippen LogP contribution in [-0.2, 0) is 13.2 Å². The third-order valence-electron chi connectivity index (χ3n) is 2.92. The maximum atomic E-state index is 12.5. The summed E-state index contributed by atoms with van der Waals surface area (Å²) in [5, 5.41) is 2.55. The smallest absolute Gasteiger partial charge is 0.404 e. The number of aromatic amines is 1. The van der Waals surface area contributed by atoms with Gasteiger partial charge >= 0.3 is 6.18 Å². The van der Waals surface area contributed by atoms with Crippen LogP contribution in [0, 0.1) is 0 Å². The van der Waals surface area contributed by atoms with E-state index in [0.29, 0.717) is 22.7 Å². The molecule has 0 radical (unpaired) electrons. The van der Waals surface area contributed by atoms with E-state index < -0.39 is 17.0 Å². The largest absolute Gasteiger partial charge is 0.425 e. The zero-order chi connectivity index (χ0) is 16.3. The third-order valence-corrected chi connectivity index (χ3v) is 4.05. The van der Waals surface area contributed by atoms with E-state index >= 15 is 0 Å². The van der Waals surface area contributed by atoms with Crippen molar-refractivity contribution in [1.82, 2.24) is 10.3 Å². The van der Waals surface area contributed by atoms with E-state index in [2.05, 4.69) is 10.3 Å². The van der Waals surface area contributed by atoms with Crippen LogP contribution in [0.5, 0.6) is 0 Å². The minimum absolute atomic E-state index is 0.000410. The van der Waals surface area contributed by atoms with Crippen molar-refractivity contribution in [2.75, 3.05) is 6.54 Å². The van der Waals surface area contributed by atoms with E-state index in [4.69, 9.17) is 5.73 Å². The predicted octanol–water partition coefficient (Wildman–Crippen LogP) is 1.65. The molecule has 1 amide bonds. The van der Waals surface area contributed by atoms with Crippen molar-refractivity contribution in [2.24, 2.45) is 12.8 Å². The highest BCUT2D eigenvalue weighted by atomic mass is 32.1. The summed E-state index contributed by atoms with van der Waals surface area (Å²) in [6, 6.07) is 2.05. The van der Waals surface area contributed by atoms with Crippen LogP contribution < -0.4 is 15.6 Å². The van der Waals surface area contributed by atoms with Gasteiger partial charge in [-0.3, -0.25) is 4.79 Å². The molecule has 2 rings (SSSR count). The number of aromatic nitrogens is 2. The number of carbonyl (C=O) groups excluding carboxylic acids is 1. The highest BCUT2D eigenvalue weighted by Crippen LogP contribution is 2.34. The van der Waals surface area contributed by atoms with E-state index in [1.54, 1.807) is 24.0 Å². The number of hydrogen-bond acceptors (Lipinski definition) is 3. The lowest BCUT2D eigenvalue weighted by atomic mass is 10.2. The fourth-order valence-corrected chi connectivity index (χ4v) is 2.61. The molecule has 0 spiro atoms. The van der Waals surface area contributed by atoms with Crippen molar-refractivity contribution < 1.29 is 22.5 Å². The number of H-pyrrole nitrogens is 1. The molecule has 0 saturated heterocycles. The zero-order valence-corrected chi connectivity index (χ0v) is 12.4. The molecule has 0 atom stereocenters. The van der Waals surface area contributed by atoms with Crippen LogP contribution in [0.25, 0.3) is 5.57 Å². The lowest BCUT2D eigenvalue weighted by Gasteiger charge is -2.05. The summed E-state index contributed by atoms with van der Waals surface area (Å²) in [4.78, 5) is 14.1. The minimum Gasteiger partial charge on any atom is -0.404 e. The Kier molecular flexibility index (Phi) is 4.55. The van der Waals surface area contributed by atoms with E-state index in [0.717, 1.165) is 12.1 Å². The normalized spacial score (nSPS) is 12.5. The van der Waals surface area contributed by atoms with Gasteiger partial charge < -0.3 is 11.1 Å². The van der Waals surface area contributed by atoms with Gasteiger partial charge in [-0.05, 0) is 12.1 Å². The SMILES string of the molecule is C[n+]1cc[nH]c1/C(=C\N)CNC(=O)c1ccc(C(F)(F)F)s1. The zero-order valence-electron chi connectivity index (χ0n) is 11.6. The molecule has 0 saturated carbocycles. The fraction of sp³-hybridized carbons (Fsp3) is 0.231. The summed E-state index contributed by atoms with van der Waals surface area (Å²) in [6.45, 7) is 0.100. The van der Waals surface area contributed by atoms with Crippen LogP contribution in [-0.4, -0.2) is 17.4 Å². The first-order valence-corrected chi connectivity index (χ1v) is 7.04. The molecule has 22 heavy (non-hydrogen) atoms. The average Bonchev–Trinajstić information content (AvgIpc) is 3.08. The van der Waals surface area contributed by atoms with Gasteiger partial charge in [0.15, 0.2) is 0 Å². The van der Waals surface area contributed by atoms with Gasteiger partial charge in [0, 0.05) is 6.20 Å². The molecule has 0 bridgehead atoms. The standard InChI is InChI=1S/C13H13F3N4OS/c1-20-5-4-18-11(20)8(6-17)7-19-12(21)9-2-3-10(22-9)13(14,15)16/h2-6H,7H2,1H3,(H3,17,18,19,21)/p+1. The number of nitrogens with two attached hydrogens (primary N) is 1. The number of rotatable bonds is 4. The van der Waals surface area contributed by atoms with E-state index in [1.165, 1.54) is 6.20 Å². The molecule has 118 valence electrons. The molecule has 0 aliphatic heterocycles. The molecule has 9 heteroatoms.